The molecule has 0 unspecified atom stereocenters. The summed E-state index contributed by atoms with van der Waals surface area (Å²) < 4.78 is 32.8. The number of carbonyl (C=O) groups excluding carboxylic acids is 1. The Morgan fingerprint density at radius 2 is 2.07 bits per heavy atom. The van der Waals surface area contributed by atoms with Crippen molar-refractivity contribution in [1.29, 1.82) is 0 Å². The van der Waals surface area contributed by atoms with Crippen molar-refractivity contribution in [1.82, 2.24) is 10.1 Å². The van der Waals surface area contributed by atoms with Crippen molar-refractivity contribution in [2.24, 2.45) is 0 Å². The average Bonchev–Trinajstić information content (AvgIpc) is 2.91. The summed E-state index contributed by atoms with van der Waals surface area (Å²) in [5, 5.41) is 4.70. The first-order valence-corrected chi connectivity index (χ1v) is 9.84. The fourth-order valence-corrected chi connectivity index (χ4v) is 4.59. The molecule has 1 aromatic heterocycles. The summed E-state index contributed by atoms with van der Waals surface area (Å²) in [4.78, 5) is 14.5. The molecule has 0 saturated carbocycles. The van der Waals surface area contributed by atoms with Gasteiger partial charge in [0.25, 0.3) is 0 Å². The van der Waals surface area contributed by atoms with Gasteiger partial charge in [-0.2, -0.15) is 11.8 Å². The predicted molar refractivity (Wildman–Crippen MR) is 100 cm³/mol. The number of para-hydroxylation sites is 1. The second kappa shape index (κ2) is 7.68. The van der Waals surface area contributed by atoms with Crippen LogP contribution < -0.4 is 0 Å². The summed E-state index contributed by atoms with van der Waals surface area (Å²) in [5.41, 5.74) is 1.66. The number of aromatic nitrogens is 1. The van der Waals surface area contributed by atoms with Crippen LogP contribution in [0.1, 0.15) is 22.9 Å². The summed E-state index contributed by atoms with van der Waals surface area (Å²) in [6, 6.07) is 11.0. The number of amides is 1. The Hall–Kier alpha value is -2.41. The van der Waals surface area contributed by atoms with Crippen molar-refractivity contribution < 1.29 is 18.1 Å². The van der Waals surface area contributed by atoms with Gasteiger partial charge in [0.2, 0.25) is 5.91 Å². The normalized spacial score (nSPS) is 17.9. The summed E-state index contributed by atoms with van der Waals surface area (Å²) in [6.45, 7) is 1.08. The lowest BCUT2D eigenvalue weighted by atomic mass is 10.1. The largest absolute Gasteiger partial charge is 0.356 e. The minimum atomic E-state index is -0.443. The SMILES string of the molecule is O=C(Cc1noc2ccccc12)N1CCS[C@@H](c2cc(F)ccc2F)CC1. The van der Waals surface area contributed by atoms with Gasteiger partial charge in [0.1, 0.15) is 17.3 Å². The average molecular weight is 388 g/mol. The molecule has 1 aliphatic heterocycles. The van der Waals surface area contributed by atoms with Crippen molar-refractivity contribution >= 4 is 28.6 Å². The molecule has 140 valence electrons. The van der Waals surface area contributed by atoms with Crippen LogP contribution in [0.2, 0.25) is 0 Å². The second-order valence-corrected chi connectivity index (χ2v) is 7.81. The van der Waals surface area contributed by atoms with Gasteiger partial charge in [-0.15, -0.1) is 0 Å². The molecule has 27 heavy (non-hydrogen) atoms. The molecule has 1 saturated heterocycles. The molecule has 0 radical (unpaired) electrons. The van der Waals surface area contributed by atoms with E-state index in [1.807, 2.05) is 24.3 Å². The Bertz CT molecular complexity index is 976. The monoisotopic (exact) mass is 388 g/mol. The molecule has 0 bridgehead atoms. The summed E-state index contributed by atoms with van der Waals surface area (Å²) in [7, 11) is 0. The Morgan fingerprint density at radius 1 is 1.22 bits per heavy atom. The first-order chi connectivity index (χ1) is 13.1. The van der Waals surface area contributed by atoms with Gasteiger partial charge in [0.15, 0.2) is 5.58 Å². The number of halogens is 2. The van der Waals surface area contributed by atoms with Crippen LogP contribution in [0.25, 0.3) is 11.0 Å². The van der Waals surface area contributed by atoms with Gasteiger partial charge in [-0.25, -0.2) is 8.78 Å². The quantitative estimate of drug-likeness (QED) is 0.669. The van der Waals surface area contributed by atoms with E-state index in [0.717, 1.165) is 17.5 Å². The minimum Gasteiger partial charge on any atom is -0.356 e. The van der Waals surface area contributed by atoms with Gasteiger partial charge in [0.05, 0.1) is 6.42 Å². The molecule has 2 aromatic carbocycles. The zero-order chi connectivity index (χ0) is 18.8. The minimum absolute atomic E-state index is 0.0324. The molecule has 0 aliphatic carbocycles. The molecule has 4 rings (SSSR count). The van der Waals surface area contributed by atoms with Gasteiger partial charge >= 0.3 is 0 Å². The van der Waals surface area contributed by atoms with Crippen LogP contribution in [0.4, 0.5) is 8.78 Å². The topological polar surface area (TPSA) is 46.3 Å². The number of benzene rings is 2. The van der Waals surface area contributed by atoms with Gasteiger partial charge in [-0.05, 0) is 36.8 Å². The summed E-state index contributed by atoms with van der Waals surface area (Å²) in [5.74, 6) is -0.203. The highest BCUT2D eigenvalue weighted by Crippen LogP contribution is 2.36. The number of nitrogens with zero attached hydrogens (tertiary/aromatic N) is 2. The third-order valence-electron chi connectivity index (χ3n) is 4.77. The maximum atomic E-state index is 14.1. The first kappa shape index (κ1) is 18.0. The molecule has 2 heterocycles. The third-order valence-corrected chi connectivity index (χ3v) is 6.08. The second-order valence-electron chi connectivity index (χ2n) is 6.50. The van der Waals surface area contributed by atoms with Gasteiger partial charge < -0.3 is 9.42 Å². The van der Waals surface area contributed by atoms with Crippen molar-refractivity contribution in [2.45, 2.75) is 18.1 Å². The molecular weight excluding hydrogens is 370 g/mol. The highest BCUT2D eigenvalue weighted by atomic mass is 32.2. The summed E-state index contributed by atoms with van der Waals surface area (Å²) in [6.07, 6.45) is 0.747. The molecular formula is C20H18F2N2O2S. The van der Waals surface area contributed by atoms with E-state index in [2.05, 4.69) is 5.16 Å². The number of thioether (sulfide) groups is 1. The van der Waals surface area contributed by atoms with E-state index >= 15 is 0 Å². The van der Waals surface area contributed by atoms with E-state index in [-0.39, 0.29) is 17.6 Å². The zero-order valence-corrected chi connectivity index (χ0v) is 15.3. The lowest BCUT2D eigenvalue weighted by Gasteiger charge is -2.20. The van der Waals surface area contributed by atoms with Crippen LogP contribution in [0, 0.1) is 11.6 Å². The Kier molecular flexibility index (Phi) is 5.11. The maximum absolute atomic E-state index is 14.1. The molecule has 0 N–H and O–H groups in total. The molecule has 4 nitrogen and oxygen atoms in total. The van der Waals surface area contributed by atoms with Crippen molar-refractivity contribution in [3.63, 3.8) is 0 Å². The van der Waals surface area contributed by atoms with E-state index in [4.69, 9.17) is 4.52 Å². The Labute approximate surface area is 159 Å². The van der Waals surface area contributed by atoms with Gasteiger partial charge in [-0.3, -0.25) is 4.79 Å². The Balaban J connectivity index is 1.44. The number of hydrogen-bond acceptors (Lipinski definition) is 4. The smallest absolute Gasteiger partial charge is 0.228 e. The number of hydrogen-bond donors (Lipinski definition) is 0. The zero-order valence-electron chi connectivity index (χ0n) is 14.5. The molecule has 3 aromatic rings. The van der Waals surface area contributed by atoms with E-state index in [0.29, 0.717) is 42.1 Å². The standard InChI is InChI=1S/C20H18F2N2O2S/c21-13-5-6-16(22)15(11-13)19-7-8-24(9-10-27-19)20(25)12-17-14-3-1-2-4-18(14)26-23-17/h1-6,11,19H,7-10,12H2/t19-/m1/s1. The Morgan fingerprint density at radius 3 is 2.96 bits per heavy atom. The van der Waals surface area contributed by atoms with Crippen molar-refractivity contribution in [3.8, 4) is 0 Å². The molecule has 1 aliphatic rings. The van der Waals surface area contributed by atoms with E-state index in [9.17, 15) is 13.6 Å². The van der Waals surface area contributed by atoms with Crippen LogP contribution in [0.3, 0.4) is 0 Å². The molecule has 7 heteroatoms. The van der Waals surface area contributed by atoms with Crippen molar-refractivity contribution in [3.05, 3.63) is 65.4 Å². The highest BCUT2D eigenvalue weighted by Gasteiger charge is 2.25. The van der Waals surface area contributed by atoms with Gasteiger partial charge in [-0.1, -0.05) is 17.3 Å². The number of fused-ring (bicyclic) bond motifs is 1. The fraction of sp³-hybridized carbons (Fsp3) is 0.300. The van der Waals surface area contributed by atoms with Gasteiger partial charge in [0, 0.05) is 35.0 Å². The predicted octanol–water partition coefficient (Wildman–Crippen LogP) is 4.36. The van der Waals surface area contributed by atoms with Crippen LogP contribution >= 0.6 is 11.8 Å². The van der Waals surface area contributed by atoms with E-state index in [1.165, 1.54) is 6.07 Å². The van der Waals surface area contributed by atoms with Crippen LogP contribution in [-0.4, -0.2) is 34.8 Å². The maximum Gasteiger partial charge on any atom is 0.228 e. The lowest BCUT2D eigenvalue weighted by molar-refractivity contribution is -0.130. The molecule has 1 atom stereocenters. The molecule has 1 amide bonds. The lowest BCUT2D eigenvalue weighted by Crippen LogP contribution is -2.34. The van der Waals surface area contributed by atoms with Crippen LogP contribution in [0.5, 0.6) is 0 Å². The third kappa shape index (κ3) is 3.83. The highest BCUT2D eigenvalue weighted by molar-refractivity contribution is 7.99. The first-order valence-electron chi connectivity index (χ1n) is 8.79. The number of rotatable bonds is 3. The van der Waals surface area contributed by atoms with Crippen molar-refractivity contribution in [2.75, 3.05) is 18.8 Å². The number of carbonyl (C=O) groups is 1. The van der Waals surface area contributed by atoms with Crippen LogP contribution in [0.15, 0.2) is 47.0 Å². The molecule has 1 fully saturated rings. The fourth-order valence-electron chi connectivity index (χ4n) is 3.35. The van der Waals surface area contributed by atoms with Crippen LogP contribution in [-0.2, 0) is 11.2 Å². The molecule has 0 spiro atoms. The van der Waals surface area contributed by atoms with E-state index < -0.39 is 11.6 Å². The summed E-state index contributed by atoms with van der Waals surface area (Å²) >= 11 is 1.56. The van der Waals surface area contributed by atoms with E-state index in [1.54, 1.807) is 16.7 Å².